The van der Waals surface area contributed by atoms with Crippen LogP contribution < -0.4 is 0 Å². The van der Waals surface area contributed by atoms with Gasteiger partial charge in [-0.1, -0.05) is 11.6 Å². The number of aromatic amines is 1. The summed E-state index contributed by atoms with van der Waals surface area (Å²) in [4.78, 5) is 18.0. The van der Waals surface area contributed by atoms with E-state index in [1.165, 1.54) is 5.56 Å². The van der Waals surface area contributed by atoms with Crippen LogP contribution >= 0.6 is 0 Å². The first-order valence-electron chi connectivity index (χ1n) is 8.92. The smallest absolute Gasteiger partial charge is 0.270 e. The highest BCUT2D eigenvalue weighted by atomic mass is 16.2. The van der Waals surface area contributed by atoms with Crippen molar-refractivity contribution in [3.63, 3.8) is 0 Å². The first-order valence-corrected chi connectivity index (χ1v) is 8.92. The molecule has 0 radical (unpaired) electrons. The Kier molecular flexibility index (Phi) is 4.03. The van der Waals surface area contributed by atoms with Gasteiger partial charge in [-0.25, -0.2) is 0 Å². The Bertz CT molecular complexity index is 902. The van der Waals surface area contributed by atoms with E-state index in [2.05, 4.69) is 45.7 Å². The highest BCUT2D eigenvalue weighted by Crippen LogP contribution is 2.27. The molecule has 0 atom stereocenters. The Balaban J connectivity index is 1.47. The number of benzene rings is 1. The summed E-state index contributed by atoms with van der Waals surface area (Å²) in [5, 5.41) is 9.40. The summed E-state index contributed by atoms with van der Waals surface area (Å²) in [5.41, 5.74) is 2.89. The van der Waals surface area contributed by atoms with Crippen molar-refractivity contribution in [1.82, 2.24) is 24.6 Å². The number of likely N-dealkylation sites (tertiary alicyclic amines) is 1. The van der Waals surface area contributed by atoms with Crippen molar-refractivity contribution in [2.45, 2.75) is 39.2 Å². The quantitative estimate of drug-likeness (QED) is 0.798. The molecule has 3 aromatic rings. The van der Waals surface area contributed by atoms with Crippen LogP contribution in [0.4, 0.5) is 0 Å². The summed E-state index contributed by atoms with van der Waals surface area (Å²) in [5.74, 6) is 1.52. The van der Waals surface area contributed by atoms with E-state index in [0.29, 0.717) is 11.6 Å². The van der Waals surface area contributed by atoms with E-state index in [9.17, 15) is 4.79 Å². The molecule has 1 aromatic carbocycles. The molecule has 0 saturated carbocycles. The molecule has 0 unspecified atom stereocenters. The third-order valence-corrected chi connectivity index (χ3v) is 5.14. The SMILES string of the molecule is CCn1cnnc1C1CCN(C(=O)c2cc3cc(C)ccc3[nH]2)CC1. The second kappa shape index (κ2) is 6.35. The largest absolute Gasteiger partial charge is 0.351 e. The van der Waals surface area contributed by atoms with Crippen LogP contribution in [-0.4, -0.2) is 43.6 Å². The van der Waals surface area contributed by atoms with Gasteiger partial charge in [0, 0.05) is 36.5 Å². The molecule has 25 heavy (non-hydrogen) atoms. The van der Waals surface area contributed by atoms with E-state index < -0.39 is 0 Å². The predicted octanol–water partition coefficient (Wildman–Crippen LogP) is 3.11. The van der Waals surface area contributed by atoms with Gasteiger partial charge in [-0.2, -0.15) is 0 Å². The summed E-state index contributed by atoms with van der Waals surface area (Å²) >= 11 is 0. The zero-order valence-corrected chi connectivity index (χ0v) is 14.7. The molecule has 0 bridgehead atoms. The number of carbonyl (C=O) groups excluding carboxylic acids is 1. The molecule has 4 rings (SSSR count). The van der Waals surface area contributed by atoms with Crippen molar-refractivity contribution in [2.75, 3.05) is 13.1 Å². The van der Waals surface area contributed by atoms with E-state index >= 15 is 0 Å². The fraction of sp³-hybridized carbons (Fsp3) is 0.421. The average Bonchev–Trinajstić information content (AvgIpc) is 3.27. The van der Waals surface area contributed by atoms with Gasteiger partial charge in [0.25, 0.3) is 5.91 Å². The van der Waals surface area contributed by atoms with Crippen LogP contribution in [0.3, 0.4) is 0 Å². The van der Waals surface area contributed by atoms with Crippen LogP contribution in [0, 0.1) is 6.92 Å². The van der Waals surface area contributed by atoms with Crippen LogP contribution in [0.2, 0.25) is 0 Å². The highest BCUT2D eigenvalue weighted by Gasteiger charge is 2.27. The maximum atomic E-state index is 12.8. The van der Waals surface area contributed by atoms with Crippen molar-refractivity contribution in [1.29, 1.82) is 0 Å². The van der Waals surface area contributed by atoms with Gasteiger partial charge in [0.1, 0.15) is 17.8 Å². The summed E-state index contributed by atoms with van der Waals surface area (Å²) in [6.07, 6.45) is 3.66. The van der Waals surface area contributed by atoms with E-state index in [1.807, 2.05) is 17.0 Å². The molecule has 130 valence electrons. The lowest BCUT2D eigenvalue weighted by molar-refractivity contribution is 0.0705. The van der Waals surface area contributed by atoms with Crippen molar-refractivity contribution in [3.8, 4) is 0 Å². The molecule has 1 fully saturated rings. The van der Waals surface area contributed by atoms with E-state index in [0.717, 1.165) is 49.2 Å². The molecular formula is C19H23N5O. The van der Waals surface area contributed by atoms with Gasteiger partial charge < -0.3 is 14.5 Å². The standard InChI is InChI=1S/C19H23N5O/c1-3-23-12-20-22-18(23)14-6-8-24(9-7-14)19(25)17-11-15-10-13(2)4-5-16(15)21-17/h4-5,10-12,14,21H,3,6-9H2,1-2H3. The molecule has 1 saturated heterocycles. The van der Waals surface area contributed by atoms with Crippen LogP contribution in [0.15, 0.2) is 30.6 Å². The number of aryl methyl sites for hydroxylation is 2. The number of hydrogen-bond acceptors (Lipinski definition) is 3. The van der Waals surface area contributed by atoms with E-state index in [-0.39, 0.29) is 5.91 Å². The molecule has 1 amide bonds. The number of hydrogen-bond donors (Lipinski definition) is 1. The Morgan fingerprint density at radius 1 is 1.28 bits per heavy atom. The van der Waals surface area contributed by atoms with Crippen LogP contribution in [0.1, 0.15) is 47.6 Å². The van der Waals surface area contributed by atoms with Crippen LogP contribution in [0.5, 0.6) is 0 Å². The summed E-state index contributed by atoms with van der Waals surface area (Å²) in [7, 11) is 0. The van der Waals surface area contributed by atoms with E-state index in [4.69, 9.17) is 0 Å². The van der Waals surface area contributed by atoms with Crippen molar-refractivity contribution in [2.24, 2.45) is 0 Å². The molecule has 2 aromatic heterocycles. The number of aromatic nitrogens is 4. The molecule has 0 aliphatic carbocycles. The molecule has 1 aliphatic rings. The minimum absolute atomic E-state index is 0.0873. The van der Waals surface area contributed by atoms with Crippen molar-refractivity contribution >= 4 is 16.8 Å². The summed E-state index contributed by atoms with van der Waals surface area (Å²) < 4.78 is 2.10. The minimum atomic E-state index is 0.0873. The lowest BCUT2D eigenvalue weighted by Gasteiger charge is -2.31. The number of rotatable bonds is 3. The Hall–Kier alpha value is -2.63. The average molecular weight is 337 g/mol. The molecule has 1 N–H and O–H groups in total. The van der Waals surface area contributed by atoms with Gasteiger partial charge in [-0.05, 0) is 44.9 Å². The maximum Gasteiger partial charge on any atom is 0.270 e. The number of nitrogens with zero attached hydrogens (tertiary/aromatic N) is 4. The lowest BCUT2D eigenvalue weighted by atomic mass is 9.95. The molecule has 6 heteroatoms. The van der Waals surface area contributed by atoms with Crippen molar-refractivity contribution in [3.05, 3.63) is 47.7 Å². The maximum absolute atomic E-state index is 12.8. The van der Waals surface area contributed by atoms with Gasteiger partial charge in [0.05, 0.1) is 0 Å². The van der Waals surface area contributed by atoms with Gasteiger partial charge in [-0.3, -0.25) is 4.79 Å². The minimum Gasteiger partial charge on any atom is -0.351 e. The third kappa shape index (κ3) is 2.92. The van der Waals surface area contributed by atoms with Crippen molar-refractivity contribution < 1.29 is 4.79 Å². The topological polar surface area (TPSA) is 66.8 Å². The fourth-order valence-corrected chi connectivity index (χ4v) is 3.70. The fourth-order valence-electron chi connectivity index (χ4n) is 3.70. The molecule has 1 aliphatic heterocycles. The summed E-state index contributed by atoms with van der Waals surface area (Å²) in [6, 6.07) is 8.16. The second-order valence-corrected chi connectivity index (χ2v) is 6.82. The number of carbonyl (C=O) groups is 1. The monoisotopic (exact) mass is 337 g/mol. The highest BCUT2D eigenvalue weighted by molar-refractivity contribution is 5.98. The molecule has 6 nitrogen and oxygen atoms in total. The normalized spacial score (nSPS) is 15.8. The van der Waals surface area contributed by atoms with Gasteiger partial charge >= 0.3 is 0 Å². The number of amides is 1. The van der Waals surface area contributed by atoms with Gasteiger partial charge in [0.15, 0.2) is 0 Å². The van der Waals surface area contributed by atoms with Gasteiger partial charge in [-0.15, -0.1) is 10.2 Å². The molecule has 0 spiro atoms. The Labute approximate surface area is 146 Å². The summed E-state index contributed by atoms with van der Waals surface area (Å²) in [6.45, 7) is 6.57. The first kappa shape index (κ1) is 15.9. The number of fused-ring (bicyclic) bond motifs is 1. The van der Waals surface area contributed by atoms with Crippen LogP contribution in [-0.2, 0) is 6.54 Å². The Morgan fingerprint density at radius 3 is 2.84 bits per heavy atom. The van der Waals surface area contributed by atoms with Gasteiger partial charge in [0.2, 0.25) is 0 Å². The number of piperidine rings is 1. The third-order valence-electron chi connectivity index (χ3n) is 5.14. The zero-order valence-electron chi connectivity index (χ0n) is 14.7. The zero-order chi connectivity index (χ0) is 17.4. The Morgan fingerprint density at radius 2 is 2.08 bits per heavy atom. The molecule has 3 heterocycles. The number of H-pyrrole nitrogens is 1. The predicted molar refractivity (Wildman–Crippen MR) is 96.6 cm³/mol. The lowest BCUT2D eigenvalue weighted by Crippen LogP contribution is -2.38. The van der Waals surface area contributed by atoms with Crippen LogP contribution in [0.25, 0.3) is 10.9 Å². The second-order valence-electron chi connectivity index (χ2n) is 6.82. The molecular weight excluding hydrogens is 314 g/mol. The van der Waals surface area contributed by atoms with E-state index in [1.54, 1.807) is 6.33 Å². The number of nitrogens with one attached hydrogen (secondary N) is 1. The first-order chi connectivity index (χ1) is 12.2.